The number of para-hydroxylation sites is 5. The van der Waals surface area contributed by atoms with Crippen molar-refractivity contribution in [2.24, 2.45) is 0 Å². The lowest BCUT2D eigenvalue weighted by Gasteiger charge is -2.40. The van der Waals surface area contributed by atoms with E-state index in [1.54, 1.807) is 0 Å². The third-order valence-corrected chi connectivity index (χ3v) is 12.9. The maximum absolute atomic E-state index is 5.25. The third kappa shape index (κ3) is 4.27. The molecular formula is C50H32N4S. The number of imidazole rings is 1. The summed E-state index contributed by atoms with van der Waals surface area (Å²) in [5.41, 5.74) is 14.0. The minimum atomic E-state index is -0.559. The molecule has 0 saturated heterocycles. The second kappa shape index (κ2) is 11.6. The van der Waals surface area contributed by atoms with Crippen molar-refractivity contribution >= 4 is 66.4 Å². The number of rotatable bonds is 4. The van der Waals surface area contributed by atoms with E-state index in [1.165, 1.54) is 60.3 Å². The van der Waals surface area contributed by atoms with Gasteiger partial charge in [-0.05, 0) is 77.9 Å². The molecule has 0 aliphatic carbocycles. The number of fused-ring (bicyclic) bond motifs is 11. The Labute approximate surface area is 321 Å². The lowest BCUT2D eigenvalue weighted by atomic mass is 9.82. The number of benzene rings is 8. The normalized spacial score (nSPS) is 13.5. The van der Waals surface area contributed by atoms with Gasteiger partial charge < -0.3 is 9.13 Å². The number of hydrogen-bond donors (Lipinski definition) is 0. The standard InChI is InChI=1S/C50H32N4S/c1-4-16-33(17-5-1)50(34-18-6-2-7-19-34)41-30-36(28-29-45(41)54-46-27-15-12-24-42(46)51-49(54)55-50)53-44-26-14-11-23-38(44)40-31-39-37-22-10-13-25-43(37)52(47(39)32-48(40)53)35-20-8-3-9-21-35/h1-32H. The van der Waals surface area contributed by atoms with Crippen LogP contribution in [0.25, 0.3) is 71.7 Å². The minimum Gasteiger partial charge on any atom is -0.309 e. The molecule has 1 aliphatic heterocycles. The summed E-state index contributed by atoms with van der Waals surface area (Å²) in [6, 6.07) is 70.7. The summed E-state index contributed by atoms with van der Waals surface area (Å²) in [7, 11) is 0. The highest BCUT2D eigenvalue weighted by molar-refractivity contribution is 8.00. The molecule has 0 unspecified atom stereocenters. The van der Waals surface area contributed by atoms with Gasteiger partial charge in [0.2, 0.25) is 0 Å². The average molecular weight is 721 g/mol. The van der Waals surface area contributed by atoms with Crippen LogP contribution in [0.15, 0.2) is 199 Å². The van der Waals surface area contributed by atoms with E-state index >= 15 is 0 Å². The highest BCUT2D eigenvalue weighted by atomic mass is 32.2. The van der Waals surface area contributed by atoms with Crippen LogP contribution in [0.5, 0.6) is 0 Å². The number of nitrogens with zero attached hydrogens (tertiary/aromatic N) is 4. The molecule has 0 bridgehead atoms. The van der Waals surface area contributed by atoms with E-state index in [2.05, 4.69) is 208 Å². The van der Waals surface area contributed by atoms with Crippen molar-refractivity contribution in [2.45, 2.75) is 9.90 Å². The Kier molecular flexibility index (Phi) is 6.45. The summed E-state index contributed by atoms with van der Waals surface area (Å²) in [6.45, 7) is 0. The summed E-state index contributed by atoms with van der Waals surface area (Å²) in [4.78, 5) is 5.25. The summed E-state index contributed by atoms with van der Waals surface area (Å²) < 4.78 is 6.69. The van der Waals surface area contributed by atoms with Crippen molar-refractivity contribution in [2.75, 3.05) is 0 Å². The smallest absolute Gasteiger partial charge is 0.175 e. The SMILES string of the molecule is c1ccc(-n2c3ccccc3c3cc4c5ccccc5n(-c5ccc6c(c5)C(c5ccccc5)(c5ccccc5)Sc5nc7ccccc7n5-6)c4cc32)cc1. The van der Waals surface area contributed by atoms with Gasteiger partial charge in [0.25, 0.3) is 0 Å². The van der Waals surface area contributed by atoms with Crippen LogP contribution in [0.4, 0.5) is 0 Å². The van der Waals surface area contributed by atoms with Crippen molar-refractivity contribution in [1.29, 1.82) is 0 Å². The number of aromatic nitrogens is 4. The fraction of sp³-hybridized carbons (Fsp3) is 0.0200. The van der Waals surface area contributed by atoms with Gasteiger partial charge in [-0.2, -0.15) is 0 Å². The molecular weight excluding hydrogens is 689 g/mol. The molecule has 11 aromatic rings. The van der Waals surface area contributed by atoms with Crippen LogP contribution in [-0.2, 0) is 4.75 Å². The first-order valence-electron chi connectivity index (χ1n) is 18.7. The maximum Gasteiger partial charge on any atom is 0.175 e. The highest BCUT2D eigenvalue weighted by Gasteiger charge is 2.45. The monoisotopic (exact) mass is 720 g/mol. The molecule has 0 saturated carbocycles. The average Bonchev–Trinajstić information content (AvgIpc) is 3.90. The molecule has 0 fully saturated rings. The van der Waals surface area contributed by atoms with E-state index in [0.29, 0.717) is 0 Å². The molecule has 8 aromatic carbocycles. The first-order chi connectivity index (χ1) is 27.3. The Morgan fingerprint density at radius 3 is 1.55 bits per heavy atom. The van der Waals surface area contributed by atoms with Crippen LogP contribution < -0.4 is 0 Å². The Morgan fingerprint density at radius 1 is 0.382 bits per heavy atom. The molecule has 258 valence electrons. The molecule has 3 aromatic heterocycles. The lowest BCUT2D eigenvalue weighted by molar-refractivity contribution is 0.798. The van der Waals surface area contributed by atoms with Crippen molar-refractivity contribution in [3.63, 3.8) is 0 Å². The van der Waals surface area contributed by atoms with Gasteiger partial charge in [-0.25, -0.2) is 4.98 Å². The minimum absolute atomic E-state index is 0.559. The Morgan fingerprint density at radius 2 is 0.909 bits per heavy atom. The first-order valence-corrected chi connectivity index (χ1v) is 19.5. The predicted octanol–water partition coefficient (Wildman–Crippen LogP) is 12.6. The van der Waals surface area contributed by atoms with Crippen molar-refractivity contribution in [1.82, 2.24) is 18.7 Å². The van der Waals surface area contributed by atoms with Crippen LogP contribution in [0, 0.1) is 0 Å². The molecule has 0 N–H and O–H groups in total. The van der Waals surface area contributed by atoms with Crippen LogP contribution in [0.2, 0.25) is 0 Å². The molecule has 0 spiro atoms. The first kappa shape index (κ1) is 30.6. The fourth-order valence-corrected chi connectivity index (χ4v) is 10.6. The van der Waals surface area contributed by atoms with Gasteiger partial charge in [-0.3, -0.25) is 4.57 Å². The van der Waals surface area contributed by atoms with Gasteiger partial charge in [0.05, 0.1) is 38.8 Å². The van der Waals surface area contributed by atoms with Gasteiger partial charge in [0.15, 0.2) is 5.16 Å². The second-order valence-corrected chi connectivity index (χ2v) is 15.5. The van der Waals surface area contributed by atoms with Crippen LogP contribution in [-0.4, -0.2) is 18.7 Å². The van der Waals surface area contributed by atoms with Gasteiger partial charge in [-0.1, -0.05) is 139 Å². The van der Waals surface area contributed by atoms with Gasteiger partial charge in [0.1, 0.15) is 4.75 Å². The van der Waals surface area contributed by atoms with Gasteiger partial charge in [0, 0.05) is 38.5 Å². The fourth-order valence-electron chi connectivity index (χ4n) is 9.14. The summed E-state index contributed by atoms with van der Waals surface area (Å²) in [5, 5.41) is 5.98. The molecule has 4 nitrogen and oxygen atoms in total. The quantitative estimate of drug-likeness (QED) is 0.181. The predicted molar refractivity (Wildman–Crippen MR) is 228 cm³/mol. The topological polar surface area (TPSA) is 27.7 Å². The van der Waals surface area contributed by atoms with Gasteiger partial charge >= 0.3 is 0 Å². The Balaban J connectivity index is 1.21. The van der Waals surface area contributed by atoms with Crippen LogP contribution >= 0.6 is 11.8 Å². The van der Waals surface area contributed by atoms with Crippen LogP contribution in [0.1, 0.15) is 16.7 Å². The lowest BCUT2D eigenvalue weighted by Crippen LogP contribution is -2.31. The molecule has 4 heterocycles. The zero-order valence-corrected chi connectivity index (χ0v) is 30.5. The van der Waals surface area contributed by atoms with E-state index < -0.39 is 4.75 Å². The molecule has 5 heteroatoms. The van der Waals surface area contributed by atoms with Crippen molar-refractivity contribution in [3.05, 3.63) is 211 Å². The largest absolute Gasteiger partial charge is 0.309 e. The summed E-state index contributed by atoms with van der Waals surface area (Å²) >= 11 is 1.84. The summed E-state index contributed by atoms with van der Waals surface area (Å²) in [6.07, 6.45) is 0. The molecule has 12 rings (SSSR count). The maximum atomic E-state index is 5.25. The van der Waals surface area contributed by atoms with Crippen LogP contribution in [0.3, 0.4) is 0 Å². The van der Waals surface area contributed by atoms with E-state index in [0.717, 1.165) is 33.3 Å². The zero-order valence-electron chi connectivity index (χ0n) is 29.7. The van der Waals surface area contributed by atoms with Gasteiger partial charge in [-0.15, -0.1) is 0 Å². The molecule has 55 heavy (non-hydrogen) atoms. The third-order valence-electron chi connectivity index (χ3n) is 11.5. The Hall–Kier alpha value is -6.82. The molecule has 1 aliphatic rings. The number of thioether (sulfide) groups is 1. The molecule has 0 atom stereocenters. The highest BCUT2D eigenvalue weighted by Crippen LogP contribution is 2.57. The molecule has 0 radical (unpaired) electrons. The van der Waals surface area contributed by atoms with E-state index in [4.69, 9.17) is 4.98 Å². The number of hydrogen-bond acceptors (Lipinski definition) is 2. The van der Waals surface area contributed by atoms with E-state index in [1.807, 2.05) is 11.8 Å². The van der Waals surface area contributed by atoms with Crippen molar-refractivity contribution < 1.29 is 0 Å². The van der Waals surface area contributed by atoms with Crippen molar-refractivity contribution in [3.8, 4) is 17.1 Å². The zero-order chi connectivity index (χ0) is 36.1. The molecule has 0 amide bonds. The van der Waals surface area contributed by atoms with E-state index in [-0.39, 0.29) is 0 Å². The summed E-state index contributed by atoms with van der Waals surface area (Å²) in [5.74, 6) is 0. The van der Waals surface area contributed by atoms with E-state index in [9.17, 15) is 0 Å². The second-order valence-electron chi connectivity index (χ2n) is 14.4. The Bertz CT molecular complexity index is 3240.